The van der Waals surface area contributed by atoms with E-state index in [2.05, 4.69) is 86.8 Å². The topological polar surface area (TPSA) is 95.9 Å². The van der Waals surface area contributed by atoms with E-state index in [-0.39, 0.29) is 24.9 Å². The highest BCUT2D eigenvalue weighted by Gasteiger charge is 2.24. The molecule has 0 saturated carbocycles. The molecule has 0 aliphatic heterocycles. The number of esters is 1. The average molecular weight is 896 g/mol. The van der Waals surface area contributed by atoms with Crippen LogP contribution in [0.4, 0.5) is 0 Å². The van der Waals surface area contributed by atoms with Crippen LogP contribution >= 0.6 is 0 Å². The van der Waals surface area contributed by atoms with Gasteiger partial charge in [-0.25, -0.2) is 0 Å². The Hall–Kier alpha value is -2.44. The second-order valence-electron chi connectivity index (χ2n) is 18.6. The number of hydrogen-bond donors (Lipinski definition) is 3. The highest BCUT2D eigenvalue weighted by molar-refractivity contribution is 5.77. The number of aliphatic hydroxyl groups excluding tert-OH is 2. The van der Waals surface area contributed by atoms with Crippen LogP contribution in [0.5, 0.6) is 0 Å². The first-order valence-electron chi connectivity index (χ1n) is 27.5. The molecule has 1 amide bonds. The predicted molar refractivity (Wildman–Crippen MR) is 278 cm³/mol. The van der Waals surface area contributed by atoms with Crippen LogP contribution in [0.1, 0.15) is 271 Å². The van der Waals surface area contributed by atoms with Gasteiger partial charge in [0.2, 0.25) is 5.91 Å². The molecule has 0 saturated heterocycles. The van der Waals surface area contributed by atoms with Crippen molar-refractivity contribution >= 4 is 11.9 Å². The molecule has 6 nitrogen and oxygen atoms in total. The number of ether oxygens (including phenoxy) is 1. The van der Waals surface area contributed by atoms with Crippen LogP contribution in [0, 0.1) is 0 Å². The van der Waals surface area contributed by atoms with E-state index in [9.17, 15) is 19.8 Å². The lowest BCUT2D eigenvalue weighted by Crippen LogP contribution is -2.46. The summed E-state index contributed by atoms with van der Waals surface area (Å²) >= 11 is 0. The fraction of sp³-hybridized carbons (Fsp3) is 0.793. The Morgan fingerprint density at radius 2 is 0.859 bits per heavy atom. The van der Waals surface area contributed by atoms with E-state index in [0.717, 1.165) is 83.5 Å². The van der Waals surface area contributed by atoms with Crippen LogP contribution in [-0.2, 0) is 14.3 Å². The molecule has 3 atom stereocenters. The molecule has 3 N–H and O–H groups in total. The summed E-state index contributed by atoms with van der Waals surface area (Å²) in [6.07, 6.45) is 64.3. The van der Waals surface area contributed by atoms with Gasteiger partial charge in [0.15, 0.2) is 0 Å². The molecule has 0 radical (unpaired) electrons. The average Bonchev–Trinajstić information content (AvgIpc) is 3.29. The fourth-order valence-electron chi connectivity index (χ4n) is 8.19. The van der Waals surface area contributed by atoms with Gasteiger partial charge in [-0.15, -0.1) is 0 Å². The van der Waals surface area contributed by atoms with E-state index in [1.807, 2.05) is 0 Å². The zero-order valence-corrected chi connectivity index (χ0v) is 42.4. The zero-order valence-electron chi connectivity index (χ0n) is 42.4. The SMILES string of the molecule is CC/C=C/C/C=C/C/C=C/C/C=C/CCCC(CC(=O)NC(CO)C(O)CCCCCCCCCCCCCCC)OC(=O)CCCCCCC/C=C/CCCCCCCCCCC. The van der Waals surface area contributed by atoms with Crippen LogP contribution in [-0.4, -0.2) is 46.9 Å². The standard InChI is InChI=1S/C58H105NO5/c1-4-7-10-13-16-19-22-25-27-28-29-30-33-36-39-42-45-48-51-58(63)64-54(49-46-43-40-37-34-32-26-23-20-17-14-11-8-5-2)52-57(62)59-55(53-60)56(61)50-47-44-41-38-35-31-24-21-18-15-12-9-6-3/h8,11,17,20,26,29-30,32,37,40,54-56,60-61H,4-7,9-10,12-16,18-19,21-25,27-28,31,33-36,38-39,41-53H2,1-3H3,(H,59,62)/b11-8+,20-17+,30-29+,32-26+,40-37+. The molecule has 0 aliphatic rings. The number of aliphatic hydroxyl groups is 2. The number of amides is 1. The molecule has 64 heavy (non-hydrogen) atoms. The van der Waals surface area contributed by atoms with Gasteiger partial charge >= 0.3 is 5.97 Å². The van der Waals surface area contributed by atoms with Crippen LogP contribution < -0.4 is 5.32 Å². The molecule has 0 fully saturated rings. The number of allylic oxidation sites excluding steroid dienone is 10. The minimum absolute atomic E-state index is 0.0363. The smallest absolute Gasteiger partial charge is 0.306 e. The second-order valence-corrected chi connectivity index (χ2v) is 18.6. The lowest BCUT2D eigenvalue weighted by atomic mass is 10.0. The Labute approximate surface area is 397 Å². The third-order valence-corrected chi connectivity index (χ3v) is 12.3. The van der Waals surface area contributed by atoms with Crippen molar-refractivity contribution in [1.82, 2.24) is 5.32 Å². The highest BCUT2D eigenvalue weighted by Crippen LogP contribution is 2.17. The maximum atomic E-state index is 13.2. The van der Waals surface area contributed by atoms with Crippen LogP contribution in [0.2, 0.25) is 0 Å². The van der Waals surface area contributed by atoms with Crippen LogP contribution in [0.25, 0.3) is 0 Å². The number of hydrogen-bond acceptors (Lipinski definition) is 5. The van der Waals surface area contributed by atoms with Crippen LogP contribution in [0.3, 0.4) is 0 Å². The molecule has 0 bridgehead atoms. The van der Waals surface area contributed by atoms with Crippen molar-refractivity contribution in [2.45, 2.75) is 289 Å². The van der Waals surface area contributed by atoms with Crippen molar-refractivity contribution in [2.24, 2.45) is 0 Å². The second kappa shape index (κ2) is 51.5. The van der Waals surface area contributed by atoms with Crippen molar-refractivity contribution < 1.29 is 24.5 Å². The van der Waals surface area contributed by atoms with Crippen molar-refractivity contribution in [3.05, 3.63) is 60.8 Å². The van der Waals surface area contributed by atoms with E-state index in [4.69, 9.17) is 4.74 Å². The van der Waals surface area contributed by atoms with Gasteiger partial charge in [-0.2, -0.15) is 0 Å². The molecule has 3 unspecified atom stereocenters. The van der Waals surface area contributed by atoms with Gasteiger partial charge in [-0.3, -0.25) is 9.59 Å². The van der Waals surface area contributed by atoms with E-state index in [1.165, 1.54) is 141 Å². The molecule has 372 valence electrons. The first kappa shape index (κ1) is 61.6. The number of carbonyl (C=O) groups is 2. The minimum atomic E-state index is -0.804. The van der Waals surface area contributed by atoms with Gasteiger partial charge in [-0.05, 0) is 83.5 Å². The summed E-state index contributed by atoms with van der Waals surface area (Å²) in [6.45, 7) is 6.37. The molecule has 0 aromatic carbocycles. The van der Waals surface area contributed by atoms with Crippen molar-refractivity contribution in [2.75, 3.05) is 6.61 Å². The van der Waals surface area contributed by atoms with Gasteiger partial charge < -0.3 is 20.3 Å². The monoisotopic (exact) mass is 896 g/mol. The van der Waals surface area contributed by atoms with Gasteiger partial charge in [0.1, 0.15) is 6.10 Å². The Morgan fingerprint density at radius 3 is 1.33 bits per heavy atom. The molecule has 0 aromatic rings. The molecular weight excluding hydrogens is 791 g/mol. The predicted octanol–water partition coefficient (Wildman–Crippen LogP) is 16.8. The Balaban J connectivity index is 4.62. The summed E-state index contributed by atoms with van der Waals surface area (Å²) in [5.41, 5.74) is 0. The third-order valence-electron chi connectivity index (χ3n) is 12.3. The van der Waals surface area contributed by atoms with E-state index in [1.54, 1.807) is 0 Å². The van der Waals surface area contributed by atoms with Crippen molar-refractivity contribution in [3.63, 3.8) is 0 Å². The quantitative estimate of drug-likeness (QED) is 0.0321. The summed E-state index contributed by atoms with van der Waals surface area (Å²) in [7, 11) is 0. The summed E-state index contributed by atoms with van der Waals surface area (Å²) in [4.78, 5) is 26.2. The lowest BCUT2D eigenvalue weighted by molar-refractivity contribution is -0.151. The third kappa shape index (κ3) is 46.1. The van der Waals surface area contributed by atoms with Gasteiger partial charge in [0.25, 0.3) is 0 Å². The number of unbranched alkanes of at least 4 members (excludes halogenated alkanes) is 27. The molecular formula is C58H105NO5. The zero-order chi connectivity index (χ0) is 46.7. The van der Waals surface area contributed by atoms with E-state index in [0.29, 0.717) is 19.3 Å². The number of nitrogens with one attached hydrogen (secondary N) is 1. The molecule has 0 spiro atoms. The van der Waals surface area contributed by atoms with Crippen LogP contribution in [0.15, 0.2) is 60.8 Å². The highest BCUT2D eigenvalue weighted by atomic mass is 16.5. The first-order chi connectivity index (χ1) is 31.5. The van der Waals surface area contributed by atoms with E-state index < -0.39 is 18.2 Å². The number of rotatable bonds is 49. The van der Waals surface area contributed by atoms with Crippen molar-refractivity contribution in [1.29, 1.82) is 0 Å². The van der Waals surface area contributed by atoms with Gasteiger partial charge in [0.05, 0.1) is 25.2 Å². The molecule has 0 heterocycles. The van der Waals surface area contributed by atoms with Crippen molar-refractivity contribution in [3.8, 4) is 0 Å². The minimum Gasteiger partial charge on any atom is -0.462 e. The first-order valence-corrected chi connectivity index (χ1v) is 27.5. The normalized spacial score (nSPS) is 13.6. The lowest BCUT2D eigenvalue weighted by Gasteiger charge is -2.24. The van der Waals surface area contributed by atoms with Gasteiger partial charge in [0, 0.05) is 6.42 Å². The Bertz CT molecular complexity index is 1140. The maximum absolute atomic E-state index is 13.2. The summed E-state index contributed by atoms with van der Waals surface area (Å²) in [5, 5.41) is 23.8. The summed E-state index contributed by atoms with van der Waals surface area (Å²) < 4.78 is 5.92. The molecule has 6 heteroatoms. The largest absolute Gasteiger partial charge is 0.462 e. The summed E-state index contributed by atoms with van der Waals surface area (Å²) in [6, 6.07) is -0.722. The van der Waals surface area contributed by atoms with Gasteiger partial charge in [-0.1, -0.05) is 236 Å². The summed E-state index contributed by atoms with van der Waals surface area (Å²) in [5.74, 6) is -0.533. The maximum Gasteiger partial charge on any atom is 0.306 e. The van der Waals surface area contributed by atoms with E-state index >= 15 is 0 Å². The molecule has 0 rings (SSSR count). The molecule has 0 aliphatic carbocycles. The Kier molecular flexibility index (Phi) is 49.6. The number of carbonyl (C=O) groups excluding carboxylic acids is 2. The fourth-order valence-corrected chi connectivity index (χ4v) is 8.19. The molecule has 0 aromatic heterocycles. The Morgan fingerprint density at radius 1 is 0.469 bits per heavy atom.